The molecule has 0 bridgehead atoms. The minimum atomic E-state index is -0.809. The van der Waals surface area contributed by atoms with Crippen molar-refractivity contribution in [3.8, 4) is 0 Å². The monoisotopic (exact) mass is 275 g/mol. The third-order valence-electron chi connectivity index (χ3n) is 3.67. The summed E-state index contributed by atoms with van der Waals surface area (Å²) in [4.78, 5) is 23.5. The fourth-order valence-corrected chi connectivity index (χ4v) is 2.70. The van der Waals surface area contributed by atoms with Gasteiger partial charge in [-0.1, -0.05) is 30.3 Å². The molecular weight excluding hydrogens is 254 g/mol. The number of hydrogen-bond donors (Lipinski definition) is 1. The smallest absolute Gasteiger partial charge is 0.326 e. The highest BCUT2D eigenvalue weighted by Crippen LogP contribution is 2.37. The highest BCUT2D eigenvalue weighted by atomic mass is 16.5. The Balaban J connectivity index is 2.21. The first-order chi connectivity index (χ1) is 9.46. The average Bonchev–Trinajstić information content (AvgIpc) is 2.78. The molecule has 0 unspecified atom stereocenters. The van der Waals surface area contributed by atoms with Crippen LogP contribution >= 0.6 is 0 Å². The second kappa shape index (κ2) is 5.75. The molecule has 3 atom stereocenters. The molecule has 1 N–H and O–H groups in total. The molecule has 0 amide bonds. The van der Waals surface area contributed by atoms with Crippen molar-refractivity contribution in [1.82, 2.24) is 5.32 Å². The molecule has 108 valence electrons. The summed E-state index contributed by atoms with van der Waals surface area (Å²) in [7, 11) is 0. The van der Waals surface area contributed by atoms with Crippen LogP contribution in [-0.2, 0) is 14.3 Å². The van der Waals surface area contributed by atoms with Crippen molar-refractivity contribution in [2.24, 2.45) is 5.92 Å². The molecule has 0 saturated carbocycles. The van der Waals surface area contributed by atoms with Gasteiger partial charge in [0.1, 0.15) is 11.8 Å². The zero-order chi connectivity index (χ0) is 14.8. The van der Waals surface area contributed by atoms with E-state index in [1.807, 2.05) is 44.2 Å². The van der Waals surface area contributed by atoms with Gasteiger partial charge < -0.3 is 9.53 Å². The maximum absolute atomic E-state index is 12.2. The predicted octanol–water partition coefficient (Wildman–Crippen LogP) is 2.25. The zero-order valence-corrected chi connectivity index (χ0v) is 12.1. The molecule has 0 radical (unpaired) electrons. The molecule has 0 aromatic heterocycles. The molecule has 4 heteroatoms. The van der Waals surface area contributed by atoms with Crippen LogP contribution in [0.15, 0.2) is 30.3 Å². The number of carbonyl (C=O) groups excluding carboxylic acids is 2. The Morgan fingerprint density at radius 1 is 1.40 bits per heavy atom. The topological polar surface area (TPSA) is 55.4 Å². The van der Waals surface area contributed by atoms with Gasteiger partial charge in [-0.3, -0.25) is 10.1 Å². The van der Waals surface area contributed by atoms with E-state index in [2.05, 4.69) is 5.32 Å². The van der Waals surface area contributed by atoms with Crippen LogP contribution < -0.4 is 5.32 Å². The van der Waals surface area contributed by atoms with Gasteiger partial charge in [-0.2, -0.15) is 0 Å². The second-order valence-electron chi connectivity index (χ2n) is 5.82. The van der Waals surface area contributed by atoms with Crippen LogP contribution in [-0.4, -0.2) is 23.9 Å². The zero-order valence-electron chi connectivity index (χ0n) is 12.1. The summed E-state index contributed by atoms with van der Waals surface area (Å²) in [6.45, 7) is 5.45. The average molecular weight is 275 g/mol. The predicted molar refractivity (Wildman–Crippen MR) is 76.1 cm³/mol. The van der Waals surface area contributed by atoms with Gasteiger partial charge in [-0.15, -0.1) is 0 Å². The van der Waals surface area contributed by atoms with Crippen molar-refractivity contribution in [2.45, 2.75) is 44.9 Å². The van der Waals surface area contributed by atoms with E-state index in [0.717, 1.165) is 11.8 Å². The third kappa shape index (κ3) is 2.90. The molecule has 1 aromatic carbocycles. The van der Waals surface area contributed by atoms with Crippen LogP contribution in [0.1, 0.15) is 38.8 Å². The molecule has 2 rings (SSSR count). The van der Waals surface area contributed by atoms with Gasteiger partial charge in [0.2, 0.25) is 0 Å². The number of aldehydes is 1. The summed E-state index contributed by atoms with van der Waals surface area (Å²) in [5.74, 6) is -0.514. The van der Waals surface area contributed by atoms with Crippen LogP contribution in [0.25, 0.3) is 0 Å². The van der Waals surface area contributed by atoms with Gasteiger partial charge in [0.25, 0.3) is 0 Å². The lowest BCUT2D eigenvalue weighted by molar-refractivity contribution is -0.154. The van der Waals surface area contributed by atoms with E-state index < -0.39 is 5.54 Å². The second-order valence-corrected chi connectivity index (χ2v) is 5.82. The van der Waals surface area contributed by atoms with E-state index in [9.17, 15) is 9.59 Å². The Kier molecular flexibility index (Phi) is 4.23. The number of rotatable bonds is 4. The maximum Gasteiger partial charge on any atom is 0.326 e. The van der Waals surface area contributed by atoms with Crippen molar-refractivity contribution >= 4 is 12.3 Å². The molecule has 1 heterocycles. The minimum Gasteiger partial charge on any atom is -0.462 e. The Morgan fingerprint density at radius 3 is 2.60 bits per heavy atom. The van der Waals surface area contributed by atoms with Crippen LogP contribution in [0.4, 0.5) is 0 Å². The van der Waals surface area contributed by atoms with E-state index in [4.69, 9.17) is 4.74 Å². The summed E-state index contributed by atoms with van der Waals surface area (Å²) in [6.07, 6.45) is 1.23. The van der Waals surface area contributed by atoms with Crippen molar-refractivity contribution in [2.75, 3.05) is 0 Å². The first-order valence-corrected chi connectivity index (χ1v) is 6.95. The van der Waals surface area contributed by atoms with Crippen molar-refractivity contribution in [3.63, 3.8) is 0 Å². The molecular formula is C16H21NO3. The highest BCUT2D eigenvalue weighted by Gasteiger charge is 2.48. The van der Waals surface area contributed by atoms with E-state index in [1.54, 1.807) is 6.92 Å². The fraction of sp³-hybridized carbons (Fsp3) is 0.500. The molecule has 0 aliphatic carbocycles. The van der Waals surface area contributed by atoms with Crippen molar-refractivity contribution in [1.29, 1.82) is 0 Å². The SMILES string of the molecule is CC(C)OC(=O)[C@]1(C)C[C@@H](C=O)[C@@H](c2ccccc2)N1. The third-order valence-corrected chi connectivity index (χ3v) is 3.67. The van der Waals surface area contributed by atoms with Gasteiger partial charge in [-0.25, -0.2) is 0 Å². The van der Waals surface area contributed by atoms with Crippen molar-refractivity contribution < 1.29 is 14.3 Å². The molecule has 1 aliphatic heterocycles. The van der Waals surface area contributed by atoms with Crippen LogP contribution in [0, 0.1) is 5.92 Å². The lowest BCUT2D eigenvalue weighted by atomic mass is 9.91. The minimum absolute atomic E-state index is 0.140. The molecule has 20 heavy (non-hydrogen) atoms. The van der Waals surface area contributed by atoms with Gasteiger partial charge in [0, 0.05) is 12.0 Å². The largest absolute Gasteiger partial charge is 0.462 e. The number of esters is 1. The highest BCUT2D eigenvalue weighted by molar-refractivity contribution is 5.82. The van der Waals surface area contributed by atoms with Gasteiger partial charge in [0.15, 0.2) is 0 Å². The lowest BCUT2D eigenvalue weighted by Gasteiger charge is -2.25. The number of benzene rings is 1. The molecule has 1 aliphatic rings. The summed E-state index contributed by atoms with van der Waals surface area (Å²) in [6, 6.07) is 9.59. The van der Waals surface area contributed by atoms with E-state index >= 15 is 0 Å². The van der Waals surface area contributed by atoms with Crippen LogP contribution in [0.5, 0.6) is 0 Å². The summed E-state index contributed by atoms with van der Waals surface area (Å²) in [5.41, 5.74) is 0.210. The normalized spacial score (nSPS) is 29.4. The fourth-order valence-electron chi connectivity index (χ4n) is 2.70. The molecule has 1 saturated heterocycles. The standard InChI is InChI=1S/C16H21NO3/c1-11(2)20-15(19)16(3)9-13(10-18)14(17-16)12-7-5-4-6-8-12/h4-8,10-11,13-14,17H,9H2,1-3H3/t13-,14+,16-/m0/s1. The van der Waals surface area contributed by atoms with Gasteiger partial charge >= 0.3 is 5.97 Å². The van der Waals surface area contributed by atoms with E-state index in [-0.39, 0.29) is 24.0 Å². The molecule has 1 fully saturated rings. The van der Waals surface area contributed by atoms with E-state index in [1.165, 1.54) is 0 Å². The van der Waals surface area contributed by atoms with E-state index in [0.29, 0.717) is 6.42 Å². The Hall–Kier alpha value is -1.68. The van der Waals surface area contributed by atoms with Crippen molar-refractivity contribution in [3.05, 3.63) is 35.9 Å². The Morgan fingerprint density at radius 2 is 2.05 bits per heavy atom. The van der Waals surface area contributed by atoms with Crippen LogP contribution in [0.2, 0.25) is 0 Å². The summed E-state index contributed by atoms with van der Waals surface area (Å²) >= 11 is 0. The maximum atomic E-state index is 12.2. The summed E-state index contributed by atoms with van der Waals surface area (Å²) < 4.78 is 5.30. The van der Waals surface area contributed by atoms with Crippen LogP contribution in [0.3, 0.4) is 0 Å². The van der Waals surface area contributed by atoms with Gasteiger partial charge in [-0.05, 0) is 32.8 Å². The number of carbonyl (C=O) groups is 2. The number of hydrogen-bond acceptors (Lipinski definition) is 4. The molecule has 4 nitrogen and oxygen atoms in total. The lowest BCUT2D eigenvalue weighted by Crippen LogP contribution is -2.47. The Labute approximate surface area is 119 Å². The molecule has 1 aromatic rings. The summed E-state index contributed by atoms with van der Waals surface area (Å²) in [5, 5.41) is 3.28. The first kappa shape index (κ1) is 14.7. The Bertz CT molecular complexity index is 486. The quantitative estimate of drug-likeness (QED) is 0.676. The van der Waals surface area contributed by atoms with Gasteiger partial charge in [0.05, 0.1) is 6.10 Å². The number of ether oxygens (including phenoxy) is 1. The number of nitrogens with one attached hydrogen (secondary N) is 1. The molecule has 0 spiro atoms. The first-order valence-electron chi connectivity index (χ1n) is 6.95.